The predicted octanol–water partition coefficient (Wildman–Crippen LogP) is 5.41. The van der Waals surface area contributed by atoms with Crippen LogP contribution in [0.4, 0.5) is 4.79 Å². The minimum atomic E-state index is -0.495. The summed E-state index contributed by atoms with van der Waals surface area (Å²) < 4.78 is 10.2. The number of ether oxygens (including phenoxy) is 2. The molecule has 0 aromatic heterocycles. The van der Waals surface area contributed by atoms with E-state index >= 15 is 0 Å². The van der Waals surface area contributed by atoms with Crippen LogP contribution in [0.1, 0.15) is 36.1 Å². The SMILES string of the molecule is COC(=O)N1C(/C=C/C=C/c2ccc(OC)cc2)=Cc2ccccc2[C@@H]1CC(C)=O. The summed E-state index contributed by atoms with van der Waals surface area (Å²) in [7, 11) is 2.98. The lowest BCUT2D eigenvalue weighted by Gasteiger charge is -2.35. The van der Waals surface area contributed by atoms with E-state index in [0.29, 0.717) is 5.70 Å². The van der Waals surface area contributed by atoms with Crippen molar-refractivity contribution in [3.8, 4) is 5.75 Å². The monoisotopic (exact) mass is 403 g/mol. The normalized spacial score (nSPS) is 15.8. The molecule has 0 saturated heterocycles. The second-order valence-corrected chi connectivity index (χ2v) is 6.95. The Hall–Kier alpha value is -3.60. The van der Waals surface area contributed by atoms with Crippen molar-refractivity contribution in [2.75, 3.05) is 14.2 Å². The molecule has 1 atom stereocenters. The molecule has 154 valence electrons. The molecule has 0 N–H and O–H groups in total. The Morgan fingerprint density at radius 2 is 1.70 bits per heavy atom. The maximum absolute atomic E-state index is 12.6. The number of fused-ring (bicyclic) bond motifs is 1. The molecule has 0 bridgehead atoms. The van der Waals surface area contributed by atoms with Crippen LogP contribution in [0.15, 0.2) is 72.5 Å². The summed E-state index contributed by atoms with van der Waals surface area (Å²) in [6.07, 6.45) is 9.23. The van der Waals surface area contributed by atoms with Crippen LogP contribution in [0.3, 0.4) is 0 Å². The number of carbonyl (C=O) groups excluding carboxylic acids is 2. The first-order chi connectivity index (χ1) is 14.5. The number of rotatable bonds is 6. The van der Waals surface area contributed by atoms with Gasteiger partial charge in [-0.05, 0) is 47.9 Å². The molecule has 0 unspecified atom stereocenters. The molecule has 0 spiro atoms. The van der Waals surface area contributed by atoms with E-state index in [1.165, 1.54) is 14.0 Å². The van der Waals surface area contributed by atoms with Gasteiger partial charge in [-0.25, -0.2) is 4.79 Å². The van der Waals surface area contributed by atoms with E-state index in [9.17, 15) is 9.59 Å². The van der Waals surface area contributed by atoms with Crippen LogP contribution in [-0.2, 0) is 9.53 Å². The zero-order chi connectivity index (χ0) is 21.5. The van der Waals surface area contributed by atoms with Crippen LogP contribution in [0.25, 0.3) is 12.2 Å². The molecule has 1 aliphatic heterocycles. The molecule has 5 nitrogen and oxygen atoms in total. The highest BCUT2D eigenvalue weighted by atomic mass is 16.5. The first-order valence-electron chi connectivity index (χ1n) is 9.69. The summed E-state index contributed by atoms with van der Waals surface area (Å²) in [6, 6.07) is 15.1. The van der Waals surface area contributed by atoms with Gasteiger partial charge in [-0.1, -0.05) is 54.6 Å². The minimum absolute atomic E-state index is 0.00772. The van der Waals surface area contributed by atoms with Crippen LogP contribution >= 0.6 is 0 Å². The number of methoxy groups -OCH3 is 2. The van der Waals surface area contributed by atoms with E-state index in [4.69, 9.17) is 9.47 Å². The first kappa shape index (κ1) is 21.1. The molecule has 0 fully saturated rings. The summed E-state index contributed by atoms with van der Waals surface area (Å²) in [5.74, 6) is 0.812. The van der Waals surface area contributed by atoms with Gasteiger partial charge in [0.05, 0.1) is 20.3 Å². The van der Waals surface area contributed by atoms with Crippen molar-refractivity contribution in [3.63, 3.8) is 0 Å². The maximum Gasteiger partial charge on any atom is 0.414 e. The van der Waals surface area contributed by atoms with E-state index in [0.717, 1.165) is 22.4 Å². The van der Waals surface area contributed by atoms with Crippen LogP contribution in [0.5, 0.6) is 5.75 Å². The summed E-state index contributed by atoms with van der Waals surface area (Å²) in [5, 5.41) is 0. The molecule has 0 saturated carbocycles. The topological polar surface area (TPSA) is 55.8 Å². The third-order valence-corrected chi connectivity index (χ3v) is 4.88. The van der Waals surface area contributed by atoms with Crippen LogP contribution < -0.4 is 4.74 Å². The van der Waals surface area contributed by atoms with Crippen molar-refractivity contribution < 1.29 is 19.1 Å². The third-order valence-electron chi connectivity index (χ3n) is 4.88. The molecule has 2 aromatic carbocycles. The highest BCUT2D eigenvalue weighted by Crippen LogP contribution is 2.37. The van der Waals surface area contributed by atoms with E-state index in [1.54, 1.807) is 12.0 Å². The van der Waals surface area contributed by atoms with E-state index < -0.39 is 12.1 Å². The van der Waals surface area contributed by atoms with Gasteiger partial charge in [0.15, 0.2) is 0 Å². The summed E-state index contributed by atoms with van der Waals surface area (Å²) in [5.41, 5.74) is 3.63. The second kappa shape index (κ2) is 9.74. The molecule has 30 heavy (non-hydrogen) atoms. The number of hydrogen-bond donors (Lipinski definition) is 0. The molecule has 2 aromatic rings. The van der Waals surface area contributed by atoms with Gasteiger partial charge in [0.2, 0.25) is 0 Å². The highest BCUT2D eigenvalue weighted by Gasteiger charge is 2.33. The van der Waals surface area contributed by atoms with Gasteiger partial charge in [-0.2, -0.15) is 0 Å². The lowest BCUT2D eigenvalue weighted by atomic mass is 9.91. The number of hydrogen-bond acceptors (Lipinski definition) is 4. The molecular weight excluding hydrogens is 378 g/mol. The van der Waals surface area contributed by atoms with Crippen LogP contribution in [0.2, 0.25) is 0 Å². The fourth-order valence-electron chi connectivity index (χ4n) is 3.46. The van der Waals surface area contributed by atoms with Crippen molar-refractivity contribution in [2.24, 2.45) is 0 Å². The molecule has 0 aliphatic carbocycles. The fourth-order valence-corrected chi connectivity index (χ4v) is 3.46. The number of ketones is 1. The first-order valence-corrected chi connectivity index (χ1v) is 9.69. The minimum Gasteiger partial charge on any atom is -0.497 e. The number of Topliss-reactive ketones (excluding diaryl/α,β-unsaturated/α-hetero) is 1. The van der Waals surface area contributed by atoms with Crippen molar-refractivity contribution in [1.29, 1.82) is 0 Å². The average molecular weight is 403 g/mol. The van der Waals surface area contributed by atoms with Crippen molar-refractivity contribution in [1.82, 2.24) is 4.90 Å². The largest absolute Gasteiger partial charge is 0.497 e. The standard InChI is InChI=1S/C25H25NO4/c1-18(27)16-24-23-11-7-5-9-20(23)17-21(26(24)25(28)30-3)10-6-4-8-19-12-14-22(29-2)15-13-19/h4-15,17,24H,16H2,1-3H3/b8-4+,10-6+/t24-/m0/s1. The van der Waals surface area contributed by atoms with Gasteiger partial charge in [0.1, 0.15) is 11.5 Å². The molecular formula is C25H25NO4. The van der Waals surface area contributed by atoms with Gasteiger partial charge in [0, 0.05) is 12.1 Å². The second-order valence-electron chi connectivity index (χ2n) is 6.95. The van der Waals surface area contributed by atoms with Crippen molar-refractivity contribution in [2.45, 2.75) is 19.4 Å². The fraction of sp³-hybridized carbons (Fsp3) is 0.200. The Morgan fingerprint density at radius 1 is 1.00 bits per heavy atom. The van der Waals surface area contributed by atoms with E-state index in [-0.39, 0.29) is 12.2 Å². The van der Waals surface area contributed by atoms with Crippen molar-refractivity contribution in [3.05, 3.63) is 89.1 Å². The molecule has 0 radical (unpaired) electrons. The third kappa shape index (κ3) is 4.87. The van der Waals surface area contributed by atoms with E-state index in [2.05, 4.69) is 0 Å². The smallest absolute Gasteiger partial charge is 0.414 e. The van der Waals surface area contributed by atoms with Gasteiger partial charge >= 0.3 is 6.09 Å². The Balaban J connectivity index is 1.90. The van der Waals surface area contributed by atoms with Crippen molar-refractivity contribution >= 4 is 24.0 Å². The zero-order valence-electron chi connectivity index (χ0n) is 17.4. The Morgan fingerprint density at radius 3 is 2.37 bits per heavy atom. The van der Waals surface area contributed by atoms with E-state index in [1.807, 2.05) is 78.9 Å². The van der Waals surface area contributed by atoms with Gasteiger partial charge in [-0.15, -0.1) is 0 Å². The molecule has 1 heterocycles. The molecule has 1 amide bonds. The maximum atomic E-state index is 12.6. The predicted molar refractivity (Wildman–Crippen MR) is 118 cm³/mol. The number of benzene rings is 2. The van der Waals surface area contributed by atoms with Gasteiger partial charge < -0.3 is 9.47 Å². The highest BCUT2D eigenvalue weighted by molar-refractivity contribution is 5.81. The zero-order valence-corrected chi connectivity index (χ0v) is 17.4. The Bertz CT molecular complexity index is 1000. The lowest BCUT2D eigenvalue weighted by molar-refractivity contribution is -0.118. The lowest BCUT2D eigenvalue weighted by Crippen LogP contribution is -2.36. The number of carbonyl (C=O) groups is 2. The van der Waals surface area contributed by atoms with Crippen LogP contribution in [0, 0.1) is 0 Å². The Kier molecular flexibility index (Phi) is 6.86. The Labute approximate surface area is 176 Å². The number of amides is 1. The van der Waals surface area contributed by atoms with Crippen LogP contribution in [-0.4, -0.2) is 31.0 Å². The summed E-state index contributed by atoms with van der Waals surface area (Å²) in [6.45, 7) is 1.53. The van der Waals surface area contributed by atoms with Gasteiger partial charge in [-0.3, -0.25) is 9.69 Å². The van der Waals surface area contributed by atoms with Gasteiger partial charge in [0.25, 0.3) is 0 Å². The summed E-state index contributed by atoms with van der Waals surface area (Å²) in [4.78, 5) is 26.0. The average Bonchev–Trinajstić information content (AvgIpc) is 2.76. The molecule has 5 heteroatoms. The molecule has 1 aliphatic rings. The molecule has 3 rings (SSSR count). The number of nitrogens with zero attached hydrogens (tertiary/aromatic N) is 1. The quantitative estimate of drug-likeness (QED) is 0.606. The number of allylic oxidation sites excluding steroid dienone is 3. The summed E-state index contributed by atoms with van der Waals surface area (Å²) >= 11 is 0.